The lowest BCUT2D eigenvalue weighted by Gasteiger charge is -2.23. The highest BCUT2D eigenvalue weighted by Crippen LogP contribution is 2.29. The summed E-state index contributed by atoms with van der Waals surface area (Å²) in [5.41, 5.74) is 2.49. The summed E-state index contributed by atoms with van der Waals surface area (Å²) in [6, 6.07) is 15.7. The van der Waals surface area contributed by atoms with E-state index >= 15 is 0 Å². The monoisotopic (exact) mass is 452 g/mol. The van der Waals surface area contributed by atoms with Gasteiger partial charge in [-0.3, -0.25) is 9.59 Å². The van der Waals surface area contributed by atoms with Crippen molar-refractivity contribution in [3.05, 3.63) is 81.8 Å². The summed E-state index contributed by atoms with van der Waals surface area (Å²) >= 11 is 1.55. The van der Waals surface area contributed by atoms with Crippen molar-refractivity contribution >= 4 is 28.8 Å². The fourth-order valence-corrected chi connectivity index (χ4v) is 4.43. The minimum atomic E-state index is -0.552. The van der Waals surface area contributed by atoms with E-state index in [1.54, 1.807) is 34.4 Å². The molecule has 0 saturated heterocycles. The van der Waals surface area contributed by atoms with Crippen molar-refractivity contribution in [1.82, 2.24) is 4.90 Å². The van der Waals surface area contributed by atoms with Crippen molar-refractivity contribution < 1.29 is 18.7 Å². The Morgan fingerprint density at radius 1 is 1.22 bits per heavy atom. The number of hydrogen-bond donors (Lipinski definition) is 1. The molecule has 0 fully saturated rings. The van der Waals surface area contributed by atoms with Crippen molar-refractivity contribution in [3.63, 3.8) is 0 Å². The zero-order valence-corrected chi connectivity index (χ0v) is 18.7. The molecule has 5 nitrogen and oxygen atoms in total. The van der Waals surface area contributed by atoms with Crippen LogP contribution in [0.15, 0.2) is 60.0 Å². The molecule has 0 radical (unpaired) electrons. The van der Waals surface area contributed by atoms with Gasteiger partial charge in [0, 0.05) is 29.2 Å². The highest BCUT2D eigenvalue weighted by atomic mass is 32.1. The zero-order valence-electron chi connectivity index (χ0n) is 17.8. The van der Waals surface area contributed by atoms with Gasteiger partial charge in [-0.05, 0) is 60.2 Å². The van der Waals surface area contributed by atoms with Crippen LogP contribution >= 0.6 is 11.3 Å². The van der Waals surface area contributed by atoms with Crippen molar-refractivity contribution in [1.29, 1.82) is 0 Å². The maximum atomic E-state index is 13.2. The second-order valence-electron chi connectivity index (χ2n) is 7.78. The second-order valence-corrected chi connectivity index (χ2v) is 8.81. The Morgan fingerprint density at radius 3 is 2.75 bits per heavy atom. The van der Waals surface area contributed by atoms with E-state index < -0.39 is 6.10 Å². The topological polar surface area (TPSA) is 58.6 Å². The van der Waals surface area contributed by atoms with Gasteiger partial charge in [-0.1, -0.05) is 25.1 Å². The van der Waals surface area contributed by atoms with Gasteiger partial charge in [0.15, 0.2) is 6.10 Å². The Morgan fingerprint density at radius 2 is 2.03 bits per heavy atom. The van der Waals surface area contributed by atoms with Crippen LogP contribution in [0, 0.1) is 5.82 Å². The molecular formula is C25H25FN2O3S. The van der Waals surface area contributed by atoms with Gasteiger partial charge in [-0.2, -0.15) is 0 Å². The van der Waals surface area contributed by atoms with Gasteiger partial charge in [0.25, 0.3) is 5.91 Å². The van der Waals surface area contributed by atoms with E-state index in [-0.39, 0.29) is 17.6 Å². The number of amides is 2. The van der Waals surface area contributed by atoms with E-state index in [9.17, 15) is 14.0 Å². The molecule has 2 aromatic carbocycles. The number of halogens is 1. The molecule has 1 N–H and O–H groups in total. The number of carbonyl (C=O) groups is 2. The highest BCUT2D eigenvalue weighted by molar-refractivity contribution is 7.10. The maximum Gasteiger partial charge on any atom is 0.263 e. The summed E-state index contributed by atoms with van der Waals surface area (Å²) in [5, 5.41) is 4.89. The molecule has 0 bridgehead atoms. The van der Waals surface area contributed by atoms with Gasteiger partial charge in [-0.15, -0.1) is 11.3 Å². The molecule has 1 atom stereocenters. The molecule has 32 heavy (non-hydrogen) atoms. The summed E-state index contributed by atoms with van der Waals surface area (Å²) in [4.78, 5) is 28.2. The van der Waals surface area contributed by atoms with Crippen molar-refractivity contribution in [2.45, 2.75) is 38.8 Å². The Labute approximate surface area is 190 Å². The number of anilines is 1. The number of fused-ring (bicyclic) bond motifs is 1. The molecule has 1 aliphatic heterocycles. The molecular weight excluding hydrogens is 427 g/mol. The molecule has 2 amide bonds. The maximum absolute atomic E-state index is 13.2. The average molecular weight is 453 g/mol. The second kappa shape index (κ2) is 9.96. The first-order chi connectivity index (χ1) is 15.5. The Kier molecular flexibility index (Phi) is 6.85. The molecule has 1 aliphatic rings. The molecule has 1 aromatic heterocycles. The van der Waals surface area contributed by atoms with Crippen molar-refractivity contribution in [3.8, 4) is 5.75 Å². The first kappa shape index (κ1) is 22.0. The minimum absolute atomic E-state index is 0.0610. The fourth-order valence-electron chi connectivity index (χ4n) is 3.73. The highest BCUT2D eigenvalue weighted by Gasteiger charge is 2.29. The average Bonchev–Trinajstić information content (AvgIpc) is 3.24. The predicted octanol–water partition coefficient (Wildman–Crippen LogP) is 4.81. The van der Waals surface area contributed by atoms with E-state index in [0.29, 0.717) is 43.8 Å². The van der Waals surface area contributed by atoms with Crippen molar-refractivity contribution in [2.75, 3.05) is 11.9 Å². The van der Waals surface area contributed by atoms with Gasteiger partial charge in [-0.25, -0.2) is 4.39 Å². The zero-order chi connectivity index (χ0) is 22.5. The van der Waals surface area contributed by atoms with Gasteiger partial charge in [0.2, 0.25) is 5.91 Å². The largest absolute Gasteiger partial charge is 0.480 e. The Bertz CT molecular complexity index is 1080. The lowest BCUT2D eigenvalue weighted by molar-refractivity contribution is -0.138. The van der Waals surface area contributed by atoms with Crippen LogP contribution in [0.25, 0.3) is 0 Å². The van der Waals surface area contributed by atoms with Gasteiger partial charge >= 0.3 is 0 Å². The minimum Gasteiger partial charge on any atom is -0.480 e. The number of nitrogens with one attached hydrogen (secondary N) is 1. The lowest BCUT2D eigenvalue weighted by Crippen LogP contribution is -2.40. The smallest absolute Gasteiger partial charge is 0.263 e. The molecule has 7 heteroatoms. The van der Waals surface area contributed by atoms with Crippen LogP contribution in [-0.2, 0) is 29.0 Å². The molecule has 4 rings (SSSR count). The van der Waals surface area contributed by atoms with E-state index in [1.165, 1.54) is 12.1 Å². The van der Waals surface area contributed by atoms with E-state index in [1.807, 2.05) is 36.6 Å². The Hall–Kier alpha value is -3.19. The number of nitrogens with zero attached hydrogens (tertiary/aromatic N) is 1. The summed E-state index contributed by atoms with van der Waals surface area (Å²) in [5.74, 6) is 0.235. The SMILES string of the molecule is CCC1Oc2ccc(NC(=O)Cc3cccs3)cc2CN(CCc2ccc(F)cc2)C1=O. The number of benzene rings is 2. The number of carbonyl (C=O) groups excluding carboxylic acids is 2. The number of ether oxygens (including phenoxy) is 1. The molecule has 3 aromatic rings. The Balaban J connectivity index is 1.49. The third-order valence-electron chi connectivity index (χ3n) is 5.43. The van der Waals surface area contributed by atoms with Gasteiger partial charge < -0.3 is 15.0 Å². The van der Waals surface area contributed by atoms with E-state index in [2.05, 4.69) is 5.32 Å². The van der Waals surface area contributed by atoms with Crippen LogP contribution in [0.3, 0.4) is 0 Å². The molecule has 0 saturated carbocycles. The van der Waals surface area contributed by atoms with Gasteiger partial charge in [0.05, 0.1) is 6.42 Å². The fraction of sp³-hybridized carbons (Fsp3) is 0.280. The molecule has 1 unspecified atom stereocenters. The lowest BCUT2D eigenvalue weighted by atomic mass is 10.1. The summed E-state index contributed by atoms with van der Waals surface area (Å²) < 4.78 is 19.2. The van der Waals surface area contributed by atoms with Crippen LogP contribution in [-0.4, -0.2) is 29.4 Å². The molecule has 166 valence electrons. The van der Waals surface area contributed by atoms with Crippen molar-refractivity contribution in [2.24, 2.45) is 0 Å². The summed E-state index contributed by atoms with van der Waals surface area (Å²) in [7, 11) is 0. The summed E-state index contributed by atoms with van der Waals surface area (Å²) in [6.07, 6.45) is 0.953. The van der Waals surface area contributed by atoms with Crippen LogP contribution in [0.4, 0.5) is 10.1 Å². The normalized spacial score (nSPS) is 15.6. The van der Waals surface area contributed by atoms with Crippen LogP contribution in [0.5, 0.6) is 5.75 Å². The molecule has 0 aliphatic carbocycles. The van der Waals surface area contributed by atoms with Crippen LogP contribution < -0.4 is 10.1 Å². The van der Waals surface area contributed by atoms with Crippen LogP contribution in [0.1, 0.15) is 29.3 Å². The first-order valence-corrected chi connectivity index (χ1v) is 11.5. The van der Waals surface area contributed by atoms with Crippen LogP contribution in [0.2, 0.25) is 0 Å². The molecule has 0 spiro atoms. The number of hydrogen-bond acceptors (Lipinski definition) is 4. The summed E-state index contributed by atoms with van der Waals surface area (Å²) in [6.45, 7) is 2.81. The number of thiophene rings is 1. The number of rotatable bonds is 7. The van der Waals surface area contributed by atoms with E-state index in [4.69, 9.17) is 4.74 Å². The van der Waals surface area contributed by atoms with Gasteiger partial charge in [0.1, 0.15) is 11.6 Å². The quantitative estimate of drug-likeness (QED) is 0.560. The standard InChI is InChI=1S/C25H25FN2O3S/c1-2-22-25(30)28(12-11-17-5-7-19(26)8-6-17)16-18-14-20(9-10-23(18)31-22)27-24(29)15-21-4-3-13-32-21/h3-10,13-14,22H,2,11-12,15-16H2,1H3,(H,27,29). The third-order valence-corrected chi connectivity index (χ3v) is 6.31. The predicted molar refractivity (Wildman–Crippen MR) is 123 cm³/mol. The third kappa shape index (κ3) is 5.34. The molecule has 2 heterocycles. The van der Waals surface area contributed by atoms with E-state index in [0.717, 1.165) is 16.0 Å². The first-order valence-electron chi connectivity index (χ1n) is 10.7.